The fourth-order valence-corrected chi connectivity index (χ4v) is 1.93. The molecular formula is C15H21N3O3. The summed E-state index contributed by atoms with van der Waals surface area (Å²) in [7, 11) is 0. The Morgan fingerprint density at radius 2 is 2.14 bits per heavy atom. The van der Waals surface area contributed by atoms with Gasteiger partial charge in [0.1, 0.15) is 6.04 Å². The van der Waals surface area contributed by atoms with Crippen LogP contribution in [0.4, 0.5) is 11.4 Å². The monoisotopic (exact) mass is 291 g/mol. The Labute approximate surface area is 124 Å². The zero-order chi connectivity index (χ0) is 15.4. The van der Waals surface area contributed by atoms with Crippen molar-refractivity contribution in [1.29, 1.82) is 0 Å². The van der Waals surface area contributed by atoms with E-state index in [4.69, 9.17) is 10.5 Å². The second-order valence-electron chi connectivity index (χ2n) is 5.14. The van der Waals surface area contributed by atoms with Gasteiger partial charge in [-0.2, -0.15) is 0 Å². The average molecular weight is 291 g/mol. The second-order valence-corrected chi connectivity index (χ2v) is 5.14. The third-order valence-corrected chi connectivity index (χ3v) is 3.29. The van der Waals surface area contributed by atoms with E-state index in [9.17, 15) is 9.59 Å². The standard InChI is InChI=1S/C15H21N3O3/c1-3-21-15(20)11-5-4-6-12(13(11)16)17-9(2)14(19)18-10-7-8-10/h4-6,9-10,17H,3,7-8,16H2,1-2H3,(H,18,19). The summed E-state index contributed by atoms with van der Waals surface area (Å²) in [4.78, 5) is 23.7. The maximum Gasteiger partial charge on any atom is 0.340 e. The predicted molar refractivity (Wildman–Crippen MR) is 81.1 cm³/mol. The Morgan fingerprint density at radius 3 is 2.76 bits per heavy atom. The van der Waals surface area contributed by atoms with E-state index in [1.54, 1.807) is 32.0 Å². The Kier molecular flexibility index (Phi) is 4.67. The lowest BCUT2D eigenvalue weighted by atomic mass is 10.1. The van der Waals surface area contributed by atoms with Crippen molar-refractivity contribution in [2.45, 2.75) is 38.8 Å². The van der Waals surface area contributed by atoms with Crippen molar-refractivity contribution in [2.75, 3.05) is 17.7 Å². The van der Waals surface area contributed by atoms with Crippen molar-refractivity contribution in [3.8, 4) is 0 Å². The predicted octanol–water partition coefficient (Wildman–Crippen LogP) is 1.52. The van der Waals surface area contributed by atoms with Crippen LogP contribution in [0, 0.1) is 0 Å². The van der Waals surface area contributed by atoms with Crippen LogP contribution in [0.15, 0.2) is 18.2 Å². The molecule has 0 aliphatic heterocycles. The first-order valence-electron chi connectivity index (χ1n) is 7.15. The Balaban J connectivity index is 2.06. The van der Waals surface area contributed by atoms with Crippen LogP contribution in [0.25, 0.3) is 0 Å². The maximum absolute atomic E-state index is 11.9. The number of ether oxygens (including phenoxy) is 1. The number of hydrogen-bond donors (Lipinski definition) is 3. The minimum Gasteiger partial charge on any atom is -0.462 e. The van der Waals surface area contributed by atoms with Gasteiger partial charge in [0.05, 0.1) is 23.5 Å². The van der Waals surface area contributed by atoms with E-state index >= 15 is 0 Å². The molecule has 114 valence electrons. The summed E-state index contributed by atoms with van der Waals surface area (Å²) in [5.74, 6) is -0.535. The number of amides is 1. The molecule has 4 N–H and O–H groups in total. The highest BCUT2D eigenvalue weighted by Gasteiger charge is 2.26. The van der Waals surface area contributed by atoms with Crippen molar-refractivity contribution in [3.05, 3.63) is 23.8 Å². The Hall–Kier alpha value is -2.24. The van der Waals surface area contributed by atoms with Crippen LogP contribution in [0.2, 0.25) is 0 Å². The lowest BCUT2D eigenvalue weighted by Crippen LogP contribution is -2.38. The molecular weight excluding hydrogens is 270 g/mol. The van der Waals surface area contributed by atoms with Gasteiger partial charge in [0.15, 0.2) is 0 Å². The van der Waals surface area contributed by atoms with Gasteiger partial charge < -0.3 is 21.1 Å². The van der Waals surface area contributed by atoms with Gasteiger partial charge in [-0.15, -0.1) is 0 Å². The van der Waals surface area contributed by atoms with Gasteiger partial charge in [-0.3, -0.25) is 4.79 Å². The molecule has 1 aliphatic rings. The summed E-state index contributed by atoms with van der Waals surface area (Å²) < 4.78 is 4.95. The van der Waals surface area contributed by atoms with Crippen LogP contribution in [-0.2, 0) is 9.53 Å². The molecule has 1 fully saturated rings. The summed E-state index contributed by atoms with van der Waals surface area (Å²) in [6.07, 6.45) is 2.08. The number of rotatable bonds is 6. The normalized spacial score (nSPS) is 15.1. The van der Waals surface area contributed by atoms with Crippen molar-refractivity contribution in [1.82, 2.24) is 5.32 Å². The lowest BCUT2D eigenvalue weighted by molar-refractivity contribution is -0.121. The van der Waals surface area contributed by atoms with Crippen molar-refractivity contribution in [3.63, 3.8) is 0 Å². The number of hydrogen-bond acceptors (Lipinski definition) is 5. The maximum atomic E-state index is 11.9. The molecule has 0 saturated heterocycles. The molecule has 2 rings (SSSR count). The van der Waals surface area contributed by atoms with E-state index in [0.717, 1.165) is 12.8 Å². The van der Waals surface area contributed by atoms with Crippen molar-refractivity contribution < 1.29 is 14.3 Å². The number of carbonyl (C=O) groups excluding carboxylic acids is 2. The molecule has 0 spiro atoms. The molecule has 1 unspecified atom stereocenters. The topological polar surface area (TPSA) is 93.4 Å². The van der Waals surface area contributed by atoms with E-state index in [-0.39, 0.29) is 12.5 Å². The number of nitrogens with one attached hydrogen (secondary N) is 2. The van der Waals surface area contributed by atoms with Crippen molar-refractivity contribution >= 4 is 23.3 Å². The highest BCUT2D eigenvalue weighted by Crippen LogP contribution is 2.24. The number of para-hydroxylation sites is 1. The first kappa shape index (κ1) is 15.2. The molecule has 0 aromatic heterocycles. The number of nitrogens with two attached hydrogens (primary N) is 1. The number of nitrogen functional groups attached to an aromatic ring is 1. The first-order chi connectivity index (χ1) is 10.0. The van der Waals surface area contributed by atoms with Crippen LogP contribution in [0.5, 0.6) is 0 Å². The van der Waals surface area contributed by atoms with Crippen LogP contribution < -0.4 is 16.4 Å². The highest BCUT2D eigenvalue weighted by molar-refractivity contribution is 5.99. The first-order valence-corrected chi connectivity index (χ1v) is 7.15. The minimum absolute atomic E-state index is 0.0709. The third-order valence-electron chi connectivity index (χ3n) is 3.29. The second kappa shape index (κ2) is 6.47. The number of anilines is 2. The van der Waals surface area contributed by atoms with E-state index in [0.29, 0.717) is 23.0 Å². The quantitative estimate of drug-likeness (QED) is 0.546. The lowest BCUT2D eigenvalue weighted by Gasteiger charge is -2.17. The minimum atomic E-state index is -0.464. The van der Waals surface area contributed by atoms with E-state index < -0.39 is 12.0 Å². The highest BCUT2D eigenvalue weighted by atomic mass is 16.5. The molecule has 1 aromatic rings. The number of esters is 1. The fourth-order valence-electron chi connectivity index (χ4n) is 1.93. The summed E-state index contributed by atoms with van der Waals surface area (Å²) in [6, 6.07) is 4.93. The smallest absolute Gasteiger partial charge is 0.340 e. The van der Waals surface area contributed by atoms with Crippen LogP contribution in [0.1, 0.15) is 37.0 Å². The molecule has 0 bridgehead atoms. The molecule has 6 heteroatoms. The zero-order valence-corrected chi connectivity index (χ0v) is 12.3. The van der Waals surface area contributed by atoms with Crippen LogP contribution >= 0.6 is 0 Å². The third kappa shape index (κ3) is 3.87. The van der Waals surface area contributed by atoms with Gasteiger partial charge in [0, 0.05) is 6.04 Å². The summed E-state index contributed by atoms with van der Waals surface area (Å²) in [5.41, 5.74) is 7.13. The average Bonchev–Trinajstić information content (AvgIpc) is 3.25. The number of benzene rings is 1. The molecule has 1 aliphatic carbocycles. The number of carbonyl (C=O) groups is 2. The van der Waals surface area contributed by atoms with Crippen molar-refractivity contribution in [2.24, 2.45) is 0 Å². The zero-order valence-electron chi connectivity index (χ0n) is 12.3. The molecule has 1 saturated carbocycles. The summed E-state index contributed by atoms with van der Waals surface area (Å²) in [6.45, 7) is 3.78. The van der Waals surface area contributed by atoms with E-state index in [1.165, 1.54) is 0 Å². The molecule has 6 nitrogen and oxygen atoms in total. The SMILES string of the molecule is CCOC(=O)c1cccc(NC(C)C(=O)NC2CC2)c1N. The fraction of sp³-hybridized carbons (Fsp3) is 0.467. The molecule has 0 radical (unpaired) electrons. The summed E-state index contributed by atoms with van der Waals surface area (Å²) >= 11 is 0. The van der Waals surface area contributed by atoms with Crippen LogP contribution in [-0.4, -0.2) is 30.6 Å². The molecule has 0 heterocycles. The van der Waals surface area contributed by atoms with Gasteiger partial charge in [-0.05, 0) is 38.8 Å². The molecule has 1 atom stereocenters. The van der Waals surface area contributed by atoms with Gasteiger partial charge in [-0.25, -0.2) is 4.79 Å². The van der Waals surface area contributed by atoms with E-state index in [1.807, 2.05) is 0 Å². The summed E-state index contributed by atoms with van der Waals surface area (Å²) in [5, 5.41) is 5.95. The van der Waals surface area contributed by atoms with Gasteiger partial charge in [0.2, 0.25) is 5.91 Å². The largest absolute Gasteiger partial charge is 0.462 e. The van der Waals surface area contributed by atoms with E-state index in [2.05, 4.69) is 10.6 Å². The van der Waals surface area contributed by atoms with Crippen LogP contribution in [0.3, 0.4) is 0 Å². The van der Waals surface area contributed by atoms with Gasteiger partial charge >= 0.3 is 5.97 Å². The van der Waals surface area contributed by atoms with Gasteiger partial charge in [0.25, 0.3) is 0 Å². The Morgan fingerprint density at radius 1 is 1.43 bits per heavy atom. The molecule has 1 aromatic carbocycles. The molecule has 1 amide bonds. The van der Waals surface area contributed by atoms with Gasteiger partial charge in [-0.1, -0.05) is 6.07 Å². The molecule has 21 heavy (non-hydrogen) atoms. The Bertz CT molecular complexity index is 541.